The molecule has 2 N–H and O–H groups in total. The topological polar surface area (TPSA) is 106 Å². The Bertz CT molecular complexity index is 1440. The van der Waals surface area contributed by atoms with Crippen LogP contribution in [0.25, 0.3) is 20.8 Å². The maximum atomic E-state index is 12.7. The number of fused-ring (bicyclic) bond motifs is 1. The van der Waals surface area contributed by atoms with Gasteiger partial charge in [-0.1, -0.05) is 35.3 Å². The molecule has 0 fully saturated rings. The summed E-state index contributed by atoms with van der Waals surface area (Å²) in [5, 5.41) is 18.1. The van der Waals surface area contributed by atoms with Crippen molar-refractivity contribution < 1.29 is 14.5 Å². The Morgan fingerprint density at radius 2 is 1.97 bits per heavy atom. The van der Waals surface area contributed by atoms with Gasteiger partial charge in [-0.05, 0) is 55.5 Å². The first-order chi connectivity index (χ1) is 16.8. The Morgan fingerprint density at radius 1 is 1.20 bits per heavy atom. The van der Waals surface area contributed by atoms with Crippen LogP contribution in [0.2, 0.25) is 10.0 Å². The molecule has 4 aromatic rings. The predicted molar refractivity (Wildman–Crippen MR) is 143 cm³/mol. The molecule has 178 valence electrons. The first-order valence-electron chi connectivity index (χ1n) is 10.2. The molecule has 0 bridgehead atoms. The number of nitro groups is 1. The van der Waals surface area contributed by atoms with Crippen LogP contribution >= 0.6 is 46.8 Å². The second-order valence-electron chi connectivity index (χ2n) is 7.08. The summed E-state index contributed by atoms with van der Waals surface area (Å²) in [4.78, 5) is 28.1. The van der Waals surface area contributed by atoms with E-state index in [1.165, 1.54) is 23.5 Å². The summed E-state index contributed by atoms with van der Waals surface area (Å²) in [7, 11) is 0. The van der Waals surface area contributed by atoms with Gasteiger partial charge in [-0.3, -0.25) is 20.2 Å². The third-order valence-corrected chi connectivity index (χ3v) is 6.55. The minimum atomic E-state index is -0.639. The van der Waals surface area contributed by atoms with Crippen LogP contribution in [0, 0.1) is 10.1 Å². The van der Waals surface area contributed by atoms with Gasteiger partial charge in [0.05, 0.1) is 32.5 Å². The van der Waals surface area contributed by atoms with Gasteiger partial charge in [0.2, 0.25) is 0 Å². The smallest absolute Gasteiger partial charge is 0.311 e. The largest absolute Gasteiger partial charge is 0.487 e. The fourth-order valence-corrected chi connectivity index (χ4v) is 4.98. The second-order valence-corrected chi connectivity index (χ2v) is 9.36. The number of thiazole rings is 1. The molecule has 0 spiro atoms. The number of carbonyl (C=O) groups is 1. The molecule has 0 aliphatic rings. The number of aromatic nitrogens is 1. The summed E-state index contributed by atoms with van der Waals surface area (Å²) in [5.41, 5.74) is 1.56. The molecule has 12 heteroatoms. The van der Waals surface area contributed by atoms with E-state index in [0.29, 0.717) is 21.3 Å². The predicted octanol–water partition coefficient (Wildman–Crippen LogP) is 6.70. The van der Waals surface area contributed by atoms with Crippen LogP contribution in [0.3, 0.4) is 0 Å². The first kappa shape index (κ1) is 24.8. The number of rotatable bonds is 6. The normalized spacial score (nSPS) is 10.7. The Labute approximate surface area is 219 Å². The molecule has 1 aromatic heterocycles. The second kappa shape index (κ2) is 10.5. The Kier molecular flexibility index (Phi) is 7.46. The van der Waals surface area contributed by atoms with E-state index in [1.54, 1.807) is 19.1 Å². The van der Waals surface area contributed by atoms with E-state index in [1.807, 2.05) is 24.3 Å². The number of thiocarbonyl (C=S) groups is 1. The highest BCUT2D eigenvalue weighted by Gasteiger charge is 2.20. The van der Waals surface area contributed by atoms with Gasteiger partial charge in [-0.2, -0.15) is 0 Å². The number of halogens is 2. The quantitative estimate of drug-likeness (QED) is 0.157. The first-order valence-corrected chi connectivity index (χ1v) is 12.1. The van der Waals surface area contributed by atoms with Gasteiger partial charge in [-0.25, -0.2) is 4.98 Å². The highest BCUT2D eigenvalue weighted by atomic mass is 35.5. The van der Waals surface area contributed by atoms with Crippen LogP contribution < -0.4 is 15.4 Å². The molecule has 35 heavy (non-hydrogen) atoms. The van der Waals surface area contributed by atoms with E-state index < -0.39 is 10.8 Å². The van der Waals surface area contributed by atoms with Gasteiger partial charge in [-0.15, -0.1) is 11.3 Å². The number of nitrogens with one attached hydrogen (secondary N) is 2. The zero-order valence-corrected chi connectivity index (χ0v) is 21.1. The van der Waals surface area contributed by atoms with Crippen LogP contribution in [0.4, 0.5) is 11.4 Å². The lowest BCUT2D eigenvalue weighted by Crippen LogP contribution is -2.34. The lowest BCUT2D eigenvalue weighted by atomic mass is 10.1. The zero-order chi connectivity index (χ0) is 25.1. The number of benzene rings is 3. The lowest BCUT2D eigenvalue weighted by Gasteiger charge is -2.15. The summed E-state index contributed by atoms with van der Waals surface area (Å²) < 4.78 is 6.23. The third kappa shape index (κ3) is 5.51. The molecule has 0 radical (unpaired) electrons. The van der Waals surface area contributed by atoms with Crippen LogP contribution in [0.15, 0.2) is 54.6 Å². The molecule has 1 heterocycles. The molecular weight excluding hydrogens is 531 g/mol. The minimum absolute atomic E-state index is 0.0397. The summed E-state index contributed by atoms with van der Waals surface area (Å²) in [6, 6.07) is 14.8. The summed E-state index contributed by atoms with van der Waals surface area (Å²) in [6.07, 6.45) is 0. The molecule has 8 nitrogen and oxygen atoms in total. The molecule has 0 atom stereocenters. The number of nitrogens with zero attached hydrogens (tertiary/aromatic N) is 2. The third-order valence-electron chi connectivity index (χ3n) is 4.76. The van der Waals surface area contributed by atoms with Gasteiger partial charge in [0.25, 0.3) is 5.91 Å². The van der Waals surface area contributed by atoms with Crippen molar-refractivity contribution >= 4 is 79.4 Å². The van der Waals surface area contributed by atoms with Gasteiger partial charge < -0.3 is 10.1 Å². The van der Waals surface area contributed by atoms with Gasteiger partial charge >= 0.3 is 5.69 Å². The number of hydrogen-bond donors (Lipinski definition) is 2. The number of anilines is 1. The highest BCUT2D eigenvalue weighted by molar-refractivity contribution is 7.80. The van der Waals surface area contributed by atoms with E-state index in [2.05, 4.69) is 15.6 Å². The van der Waals surface area contributed by atoms with Gasteiger partial charge in [0.1, 0.15) is 5.01 Å². The van der Waals surface area contributed by atoms with Crippen molar-refractivity contribution in [2.45, 2.75) is 6.92 Å². The summed E-state index contributed by atoms with van der Waals surface area (Å²) in [6.45, 7) is 1.96. The van der Waals surface area contributed by atoms with E-state index >= 15 is 0 Å². The molecule has 0 saturated heterocycles. The number of carbonyl (C=O) groups excluding carboxylic acids is 1. The van der Waals surface area contributed by atoms with Crippen LogP contribution in [-0.4, -0.2) is 27.5 Å². The standard InChI is InChI=1S/C23H16Cl2N4O4S2/c1-2-33-18-8-7-12(9-17(18)29(31)32)21(30)28-23(34)27-20-14(10-13(24)11-15(20)25)22-26-16-5-3-4-6-19(16)35-22/h3-11H,2H2,1H3,(H2,27,28,30,34). The van der Waals surface area contributed by atoms with Crippen molar-refractivity contribution in [2.75, 3.05) is 11.9 Å². The lowest BCUT2D eigenvalue weighted by molar-refractivity contribution is -0.385. The Morgan fingerprint density at radius 3 is 2.69 bits per heavy atom. The maximum absolute atomic E-state index is 12.7. The fraction of sp³-hybridized carbons (Fsp3) is 0.0870. The zero-order valence-electron chi connectivity index (χ0n) is 18.0. The Balaban J connectivity index is 1.59. The van der Waals surface area contributed by atoms with Gasteiger partial charge in [0.15, 0.2) is 10.9 Å². The average Bonchev–Trinajstić information content (AvgIpc) is 3.25. The van der Waals surface area contributed by atoms with Crippen molar-refractivity contribution in [1.29, 1.82) is 0 Å². The molecule has 0 saturated carbocycles. The van der Waals surface area contributed by atoms with E-state index in [0.717, 1.165) is 16.3 Å². The number of para-hydroxylation sites is 1. The van der Waals surface area contributed by atoms with E-state index in [4.69, 9.17) is 40.2 Å². The van der Waals surface area contributed by atoms with Crippen LogP contribution in [0.1, 0.15) is 17.3 Å². The molecule has 0 unspecified atom stereocenters. The number of amides is 1. The van der Waals surface area contributed by atoms with E-state index in [-0.39, 0.29) is 33.7 Å². The molecule has 3 aromatic carbocycles. The summed E-state index contributed by atoms with van der Waals surface area (Å²) in [5.74, 6) is -0.566. The number of ether oxygens (including phenoxy) is 1. The molecule has 4 rings (SSSR count). The minimum Gasteiger partial charge on any atom is -0.487 e. The highest BCUT2D eigenvalue weighted by Crippen LogP contribution is 2.40. The maximum Gasteiger partial charge on any atom is 0.311 e. The number of hydrogen-bond acceptors (Lipinski definition) is 7. The van der Waals surface area contributed by atoms with Crippen LogP contribution in [0.5, 0.6) is 5.75 Å². The SMILES string of the molecule is CCOc1ccc(C(=O)NC(=S)Nc2c(Cl)cc(Cl)cc2-c2nc3ccccc3s2)cc1[N+](=O)[O-]. The molecule has 0 aliphatic heterocycles. The molecular formula is C23H16Cl2N4O4S2. The fourth-order valence-electron chi connectivity index (χ4n) is 3.26. The Hall–Kier alpha value is -3.31. The van der Waals surface area contributed by atoms with E-state index in [9.17, 15) is 14.9 Å². The molecule has 1 amide bonds. The van der Waals surface area contributed by atoms with Crippen molar-refractivity contribution in [1.82, 2.24) is 10.3 Å². The van der Waals surface area contributed by atoms with Crippen molar-refractivity contribution in [3.63, 3.8) is 0 Å². The van der Waals surface area contributed by atoms with Crippen molar-refractivity contribution in [3.8, 4) is 16.3 Å². The molecule has 0 aliphatic carbocycles. The van der Waals surface area contributed by atoms with Crippen molar-refractivity contribution in [2.24, 2.45) is 0 Å². The van der Waals surface area contributed by atoms with Gasteiger partial charge in [0, 0.05) is 22.2 Å². The number of nitro benzene ring substituents is 1. The van der Waals surface area contributed by atoms with Crippen molar-refractivity contribution in [3.05, 3.63) is 80.3 Å². The van der Waals surface area contributed by atoms with Crippen LogP contribution in [-0.2, 0) is 0 Å². The average molecular weight is 547 g/mol. The summed E-state index contributed by atoms with van der Waals surface area (Å²) >= 11 is 19.5. The monoisotopic (exact) mass is 546 g/mol.